The molecule has 0 saturated carbocycles. The molecule has 0 radical (unpaired) electrons. The second-order valence-electron chi connectivity index (χ2n) is 10.3. The molecule has 0 aliphatic heterocycles. The lowest BCUT2D eigenvalue weighted by Gasteiger charge is -2.38. The first kappa shape index (κ1) is 30.5. The van der Waals surface area contributed by atoms with Crippen molar-refractivity contribution in [3.63, 3.8) is 0 Å². The Morgan fingerprint density at radius 3 is 1.79 bits per heavy atom. The largest absolute Gasteiger partial charge is 0.491 e. The Hall–Kier alpha value is -4.50. The Bertz CT molecular complexity index is 1330. The number of carbonyl (C=O) groups excluding carboxylic acids is 2. The summed E-state index contributed by atoms with van der Waals surface area (Å²) in [5, 5.41) is 28.6. The maximum absolute atomic E-state index is 12.4. The highest BCUT2D eigenvalue weighted by Gasteiger charge is 2.35. The van der Waals surface area contributed by atoms with Crippen LogP contribution in [0.1, 0.15) is 30.0 Å². The molecule has 4 aromatic rings. The summed E-state index contributed by atoms with van der Waals surface area (Å²) in [4.78, 5) is 24.0. The van der Waals surface area contributed by atoms with Crippen molar-refractivity contribution in [3.8, 4) is 5.75 Å². The van der Waals surface area contributed by atoms with E-state index in [1.54, 1.807) is 48.5 Å². The summed E-state index contributed by atoms with van der Waals surface area (Å²) in [6, 6.07) is 33.3. The van der Waals surface area contributed by atoms with Gasteiger partial charge in [-0.05, 0) is 66.4 Å². The van der Waals surface area contributed by atoms with Gasteiger partial charge in [-0.3, -0.25) is 14.5 Å². The van der Waals surface area contributed by atoms with E-state index in [1.165, 1.54) is 0 Å². The van der Waals surface area contributed by atoms with Crippen molar-refractivity contribution in [1.82, 2.24) is 4.90 Å². The van der Waals surface area contributed by atoms with E-state index >= 15 is 0 Å². The molecule has 4 N–H and O–H groups in total. The average molecular weight is 568 g/mol. The minimum absolute atomic E-state index is 0.128. The molecule has 0 heterocycles. The standard InChI is InChI=1S/C34H37N3O5/c1-26(37(21-27-8-4-2-5-9-27)22-32(40)23-42-33-10-6-3-7-11-33)20-34(41,28-12-16-30(17-13-28)35-24-38)29-14-18-31(19-15-29)36-25-39/h2-19,24-26,32,40-41H,20-23H2,1H3,(H,35,38)(H,36,39)/t26-,32-/m0/s1. The summed E-state index contributed by atoms with van der Waals surface area (Å²) in [6.07, 6.45) is 0.742. The number of para-hydroxylation sites is 1. The third-order valence-electron chi connectivity index (χ3n) is 7.25. The van der Waals surface area contributed by atoms with Crippen molar-refractivity contribution in [2.75, 3.05) is 23.8 Å². The van der Waals surface area contributed by atoms with Gasteiger partial charge in [0.15, 0.2) is 0 Å². The second-order valence-corrected chi connectivity index (χ2v) is 10.3. The van der Waals surface area contributed by atoms with Crippen LogP contribution >= 0.6 is 0 Å². The summed E-state index contributed by atoms with van der Waals surface area (Å²) in [7, 11) is 0. The van der Waals surface area contributed by atoms with Gasteiger partial charge in [0.1, 0.15) is 24.1 Å². The molecule has 8 nitrogen and oxygen atoms in total. The normalized spacial score (nSPS) is 12.8. The molecule has 0 spiro atoms. The van der Waals surface area contributed by atoms with Gasteiger partial charge >= 0.3 is 0 Å². The second kappa shape index (κ2) is 14.9. The molecule has 0 bridgehead atoms. The Morgan fingerprint density at radius 2 is 1.29 bits per heavy atom. The van der Waals surface area contributed by atoms with Gasteiger partial charge in [0.25, 0.3) is 0 Å². The van der Waals surface area contributed by atoms with Gasteiger partial charge in [-0.2, -0.15) is 0 Å². The molecule has 2 amide bonds. The SMILES string of the molecule is C[C@@H](CC(O)(c1ccc(NC=O)cc1)c1ccc(NC=O)cc1)N(Cc1ccccc1)C[C@H](O)COc1ccccc1. The lowest BCUT2D eigenvalue weighted by molar-refractivity contribution is -0.106. The molecule has 4 rings (SSSR count). The molecular formula is C34H37N3O5. The van der Waals surface area contributed by atoms with Crippen LogP contribution in [-0.4, -0.2) is 53.2 Å². The Balaban J connectivity index is 1.61. The zero-order valence-electron chi connectivity index (χ0n) is 23.6. The first-order valence-electron chi connectivity index (χ1n) is 13.9. The number of nitrogens with one attached hydrogen (secondary N) is 2. The van der Waals surface area contributed by atoms with Crippen molar-refractivity contribution in [3.05, 3.63) is 126 Å². The highest BCUT2D eigenvalue weighted by atomic mass is 16.5. The molecule has 8 heteroatoms. The number of aliphatic hydroxyl groups is 2. The Morgan fingerprint density at radius 1 is 0.786 bits per heavy atom. The number of benzene rings is 4. The fourth-order valence-corrected chi connectivity index (χ4v) is 5.03. The van der Waals surface area contributed by atoms with Crippen LogP contribution in [0.4, 0.5) is 11.4 Å². The fourth-order valence-electron chi connectivity index (χ4n) is 5.03. The van der Waals surface area contributed by atoms with E-state index in [4.69, 9.17) is 4.74 Å². The molecule has 0 aliphatic carbocycles. The van der Waals surface area contributed by atoms with E-state index in [0.717, 1.165) is 5.56 Å². The number of anilines is 2. The van der Waals surface area contributed by atoms with E-state index in [9.17, 15) is 19.8 Å². The third-order valence-corrected chi connectivity index (χ3v) is 7.25. The van der Waals surface area contributed by atoms with Gasteiger partial charge in [-0.15, -0.1) is 0 Å². The highest BCUT2D eigenvalue weighted by molar-refractivity contribution is 5.72. The van der Waals surface area contributed by atoms with Crippen molar-refractivity contribution in [2.24, 2.45) is 0 Å². The fraction of sp³-hybridized carbons (Fsp3) is 0.235. The lowest BCUT2D eigenvalue weighted by atomic mass is 9.81. The van der Waals surface area contributed by atoms with Crippen LogP contribution in [0.3, 0.4) is 0 Å². The molecule has 4 aromatic carbocycles. The third kappa shape index (κ3) is 8.27. The number of nitrogens with zero attached hydrogens (tertiary/aromatic N) is 1. The zero-order chi connectivity index (χ0) is 29.8. The minimum atomic E-state index is -1.42. The van der Waals surface area contributed by atoms with Crippen LogP contribution < -0.4 is 15.4 Å². The van der Waals surface area contributed by atoms with Crippen LogP contribution in [-0.2, 0) is 21.7 Å². The van der Waals surface area contributed by atoms with Gasteiger partial charge in [-0.1, -0.05) is 72.8 Å². The molecule has 218 valence electrons. The van der Waals surface area contributed by atoms with Gasteiger partial charge in [0.05, 0.1) is 0 Å². The van der Waals surface area contributed by atoms with Crippen LogP contribution in [0.15, 0.2) is 109 Å². The number of amides is 2. The summed E-state index contributed by atoms with van der Waals surface area (Å²) < 4.78 is 5.81. The monoisotopic (exact) mass is 567 g/mol. The van der Waals surface area contributed by atoms with Gasteiger partial charge in [0.2, 0.25) is 12.8 Å². The summed E-state index contributed by atoms with van der Waals surface area (Å²) in [5.74, 6) is 0.689. The summed E-state index contributed by atoms with van der Waals surface area (Å²) >= 11 is 0. The maximum Gasteiger partial charge on any atom is 0.211 e. The van der Waals surface area contributed by atoms with Gasteiger partial charge in [0, 0.05) is 30.5 Å². The number of hydrogen-bond donors (Lipinski definition) is 4. The first-order chi connectivity index (χ1) is 20.4. The van der Waals surface area contributed by atoms with Crippen LogP contribution in [0, 0.1) is 0 Å². The van der Waals surface area contributed by atoms with E-state index in [2.05, 4.69) is 15.5 Å². The smallest absolute Gasteiger partial charge is 0.211 e. The molecule has 0 aliphatic rings. The molecule has 2 atom stereocenters. The molecule has 0 fully saturated rings. The molecule has 0 unspecified atom stereocenters. The lowest BCUT2D eigenvalue weighted by Crippen LogP contribution is -2.44. The van der Waals surface area contributed by atoms with E-state index in [1.807, 2.05) is 67.6 Å². The zero-order valence-corrected chi connectivity index (χ0v) is 23.6. The number of aliphatic hydroxyl groups excluding tert-OH is 1. The van der Waals surface area contributed by atoms with Crippen molar-refractivity contribution < 1.29 is 24.5 Å². The molecule has 0 aromatic heterocycles. The Labute approximate surface area is 246 Å². The predicted octanol–water partition coefficient (Wildman–Crippen LogP) is 4.78. The average Bonchev–Trinajstić information content (AvgIpc) is 3.01. The molecule has 0 saturated heterocycles. The van der Waals surface area contributed by atoms with E-state index in [-0.39, 0.29) is 12.6 Å². The topological polar surface area (TPSA) is 111 Å². The molecule has 42 heavy (non-hydrogen) atoms. The van der Waals surface area contributed by atoms with Gasteiger partial charge < -0.3 is 25.6 Å². The Kier molecular flexibility index (Phi) is 10.8. The van der Waals surface area contributed by atoms with E-state index in [0.29, 0.717) is 60.6 Å². The minimum Gasteiger partial charge on any atom is -0.491 e. The predicted molar refractivity (Wildman–Crippen MR) is 164 cm³/mol. The summed E-state index contributed by atoms with van der Waals surface area (Å²) in [6.45, 7) is 3.04. The number of hydrogen-bond acceptors (Lipinski definition) is 6. The first-order valence-corrected chi connectivity index (χ1v) is 13.9. The van der Waals surface area contributed by atoms with Crippen molar-refractivity contribution in [2.45, 2.75) is 37.6 Å². The van der Waals surface area contributed by atoms with Crippen LogP contribution in [0.2, 0.25) is 0 Å². The van der Waals surface area contributed by atoms with Crippen molar-refractivity contribution in [1.29, 1.82) is 0 Å². The number of carbonyl (C=O) groups is 2. The maximum atomic E-state index is 12.4. The number of rotatable bonds is 16. The molecular weight excluding hydrogens is 530 g/mol. The van der Waals surface area contributed by atoms with Crippen molar-refractivity contribution >= 4 is 24.2 Å². The summed E-state index contributed by atoms with van der Waals surface area (Å²) in [5.41, 5.74) is 2.18. The van der Waals surface area contributed by atoms with Gasteiger partial charge in [-0.25, -0.2) is 0 Å². The van der Waals surface area contributed by atoms with Crippen LogP contribution in [0.25, 0.3) is 0 Å². The van der Waals surface area contributed by atoms with E-state index < -0.39 is 11.7 Å². The number of ether oxygens (including phenoxy) is 1. The highest BCUT2D eigenvalue weighted by Crippen LogP contribution is 2.37. The van der Waals surface area contributed by atoms with Crippen LogP contribution in [0.5, 0.6) is 5.75 Å². The quantitative estimate of drug-likeness (QED) is 0.145.